The van der Waals surface area contributed by atoms with E-state index in [9.17, 15) is 0 Å². The lowest BCUT2D eigenvalue weighted by Gasteiger charge is -2.41. The zero-order valence-corrected chi connectivity index (χ0v) is 23.3. The van der Waals surface area contributed by atoms with Gasteiger partial charge in [0.2, 0.25) is 0 Å². The molecule has 35 heavy (non-hydrogen) atoms. The van der Waals surface area contributed by atoms with E-state index in [-0.39, 0.29) is 30.2 Å². The van der Waals surface area contributed by atoms with Crippen molar-refractivity contribution in [3.8, 4) is 0 Å². The molecular formula is C28H47N5OS. The number of benzene rings is 1. The molecule has 0 amide bonds. The second-order valence-corrected chi connectivity index (χ2v) is 13.5. The van der Waals surface area contributed by atoms with Crippen LogP contribution in [0, 0.1) is 19.8 Å². The Labute approximate surface area is 217 Å². The van der Waals surface area contributed by atoms with Gasteiger partial charge in [0.05, 0.1) is 6.10 Å². The van der Waals surface area contributed by atoms with Crippen molar-refractivity contribution in [2.24, 2.45) is 5.92 Å². The van der Waals surface area contributed by atoms with E-state index in [2.05, 4.69) is 78.0 Å². The minimum atomic E-state index is 0.0188. The van der Waals surface area contributed by atoms with Gasteiger partial charge in [-0.15, -0.1) is 0 Å². The molecule has 196 valence electrons. The molecule has 3 heterocycles. The molecule has 6 unspecified atom stereocenters. The highest BCUT2D eigenvalue weighted by Gasteiger charge is 2.37. The summed E-state index contributed by atoms with van der Waals surface area (Å²) in [5.41, 5.74) is 4.31. The molecule has 5 rings (SSSR count). The molecule has 7 atom stereocenters. The van der Waals surface area contributed by atoms with E-state index >= 15 is 0 Å². The second-order valence-electron chi connectivity index (χ2n) is 12.4. The van der Waals surface area contributed by atoms with Gasteiger partial charge in [0, 0.05) is 56.0 Å². The Hall–Kier alpha value is -0.670. The van der Waals surface area contributed by atoms with Crippen LogP contribution in [0.5, 0.6) is 0 Å². The number of hydrogen-bond donors (Lipinski definition) is 3. The monoisotopic (exact) mass is 501 g/mol. The highest BCUT2D eigenvalue weighted by Crippen LogP contribution is 2.34. The van der Waals surface area contributed by atoms with Crippen LogP contribution in [0.3, 0.4) is 0 Å². The van der Waals surface area contributed by atoms with Crippen LogP contribution in [0.4, 0.5) is 0 Å². The fraction of sp³-hybridized carbons (Fsp3) is 0.786. The Morgan fingerprint density at radius 1 is 0.971 bits per heavy atom. The summed E-state index contributed by atoms with van der Waals surface area (Å²) in [7, 11) is 0. The number of nitrogens with zero attached hydrogens (tertiary/aromatic N) is 2. The molecule has 3 saturated heterocycles. The molecule has 3 N–H and O–H groups in total. The first-order valence-corrected chi connectivity index (χ1v) is 14.7. The maximum absolute atomic E-state index is 6.97. The van der Waals surface area contributed by atoms with Crippen LogP contribution in [-0.4, -0.2) is 71.9 Å². The second kappa shape index (κ2) is 11.0. The van der Waals surface area contributed by atoms with E-state index in [4.69, 9.17) is 4.74 Å². The number of ether oxygens (including phenoxy) is 1. The van der Waals surface area contributed by atoms with Crippen LogP contribution in [0.1, 0.15) is 75.6 Å². The zero-order chi connectivity index (χ0) is 24.6. The van der Waals surface area contributed by atoms with E-state index in [0.717, 1.165) is 38.5 Å². The Bertz CT molecular complexity index is 840. The molecule has 0 radical (unpaired) electrons. The number of fused-ring (bicyclic) bond motifs is 6. The zero-order valence-electron chi connectivity index (χ0n) is 22.5. The van der Waals surface area contributed by atoms with Gasteiger partial charge in [-0.05, 0) is 76.5 Å². The maximum atomic E-state index is 6.97. The number of nitrogens with one attached hydrogen (secondary N) is 3. The molecule has 1 aromatic carbocycles. The van der Waals surface area contributed by atoms with Gasteiger partial charge in [-0.3, -0.25) is 20.4 Å². The number of rotatable bonds is 1. The summed E-state index contributed by atoms with van der Waals surface area (Å²) in [6, 6.07) is 6.93. The maximum Gasteiger partial charge on any atom is 0.123 e. The van der Waals surface area contributed by atoms with Crippen LogP contribution in [0.2, 0.25) is 0 Å². The molecule has 6 nitrogen and oxygen atoms in total. The lowest BCUT2D eigenvalue weighted by molar-refractivity contribution is -0.0806. The molecular weight excluding hydrogens is 454 g/mol. The van der Waals surface area contributed by atoms with Crippen LogP contribution >= 0.6 is 11.9 Å². The van der Waals surface area contributed by atoms with Crippen molar-refractivity contribution in [1.82, 2.24) is 25.2 Å². The van der Waals surface area contributed by atoms with Gasteiger partial charge in [-0.1, -0.05) is 36.6 Å². The lowest BCUT2D eigenvalue weighted by atomic mass is 9.88. The average Bonchev–Trinajstić information content (AvgIpc) is 2.99. The summed E-state index contributed by atoms with van der Waals surface area (Å²) in [5, 5.41) is 8.35. The Kier molecular flexibility index (Phi) is 8.14. The topological polar surface area (TPSA) is 51.8 Å². The Morgan fingerprint density at radius 2 is 1.77 bits per heavy atom. The molecule has 4 fully saturated rings. The molecule has 6 bridgehead atoms. The van der Waals surface area contributed by atoms with Crippen LogP contribution in [0.25, 0.3) is 0 Å². The van der Waals surface area contributed by atoms with Crippen molar-refractivity contribution < 1.29 is 4.74 Å². The third-order valence-corrected chi connectivity index (χ3v) is 9.68. The molecule has 1 saturated carbocycles. The highest BCUT2D eigenvalue weighted by atomic mass is 32.2. The SMILES string of the molecule is Cc1cccc(C)c1C1CC2NC(NSC3CCCC(C3)CN3CCN(C(C)(C)C)C[C@@H](C3)O2)N1. The van der Waals surface area contributed by atoms with E-state index in [1.165, 1.54) is 48.9 Å². The third kappa shape index (κ3) is 6.43. The predicted octanol–water partition coefficient (Wildman–Crippen LogP) is 4.15. The smallest absolute Gasteiger partial charge is 0.123 e. The van der Waals surface area contributed by atoms with Crippen molar-refractivity contribution in [2.45, 2.75) is 102 Å². The number of hydrogen-bond acceptors (Lipinski definition) is 7. The molecule has 4 aliphatic rings. The summed E-state index contributed by atoms with van der Waals surface area (Å²) in [4.78, 5) is 5.36. The van der Waals surface area contributed by atoms with E-state index < -0.39 is 0 Å². The van der Waals surface area contributed by atoms with Gasteiger partial charge < -0.3 is 4.74 Å². The third-order valence-electron chi connectivity index (χ3n) is 8.54. The molecule has 0 spiro atoms. The Balaban J connectivity index is 1.42. The van der Waals surface area contributed by atoms with Gasteiger partial charge in [0.25, 0.3) is 0 Å². The molecule has 3 aliphatic heterocycles. The van der Waals surface area contributed by atoms with Crippen LogP contribution in [-0.2, 0) is 4.74 Å². The summed E-state index contributed by atoms with van der Waals surface area (Å²) < 4.78 is 10.7. The van der Waals surface area contributed by atoms with Gasteiger partial charge in [0.15, 0.2) is 0 Å². The predicted molar refractivity (Wildman–Crippen MR) is 146 cm³/mol. The molecule has 1 aromatic rings. The first-order valence-electron chi connectivity index (χ1n) is 13.9. The van der Waals surface area contributed by atoms with Crippen LogP contribution < -0.4 is 15.4 Å². The van der Waals surface area contributed by atoms with E-state index in [0.29, 0.717) is 5.25 Å². The van der Waals surface area contributed by atoms with Gasteiger partial charge in [0.1, 0.15) is 12.5 Å². The summed E-state index contributed by atoms with van der Waals surface area (Å²) >= 11 is 1.95. The fourth-order valence-corrected chi connectivity index (χ4v) is 7.82. The van der Waals surface area contributed by atoms with Crippen molar-refractivity contribution in [3.05, 3.63) is 34.9 Å². The average molecular weight is 502 g/mol. The molecule has 1 aliphatic carbocycles. The molecule has 0 aromatic heterocycles. The van der Waals surface area contributed by atoms with Crippen molar-refractivity contribution in [1.29, 1.82) is 0 Å². The van der Waals surface area contributed by atoms with Crippen molar-refractivity contribution >= 4 is 11.9 Å². The van der Waals surface area contributed by atoms with Crippen molar-refractivity contribution in [3.63, 3.8) is 0 Å². The minimum absolute atomic E-state index is 0.0188. The lowest BCUT2D eigenvalue weighted by Crippen LogP contribution is -2.62. The standard InChI is InChI=1S/C28H47N5OS/c1-19-8-6-9-20(2)26(19)24-15-25-30-27(29-24)31-35-23-11-7-10-21(14-23)16-32-12-13-33(28(3,4)5)18-22(17-32)34-25/h6,8-9,21-25,27,29-31H,7,10-18H2,1-5H3/t21?,22-,23?,24?,25?,27?/m1/s1. The quantitative estimate of drug-likeness (QED) is 0.500. The van der Waals surface area contributed by atoms with Gasteiger partial charge in [-0.25, -0.2) is 4.72 Å². The summed E-state index contributed by atoms with van der Waals surface area (Å²) in [6.45, 7) is 17.1. The minimum Gasteiger partial charge on any atom is -0.357 e. The van der Waals surface area contributed by atoms with Gasteiger partial charge >= 0.3 is 0 Å². The summed E-state index contributed by atoms with van der Waals surface area (Å²) in [6.07, 6.45) is 6.56. The number of aryl methyl sites for hydroxylation is 2. The first-order chi connectivity index (χ1) is 16.7. The summed E-state index contributed by atoms with van der Waals surface area (Å²) in [5.74, 6) is 0.799. The van der Waals surface area contributed by atoms with Crippen molar-refractivity contribution in [2.75, 3.05) is 32.7 Å². The van der Waals surface area contributed by atoms with Gasteiger partial charge in [-0.2, -0.15) is 0 Å². The van der Waals surface area contributed by atoms with E-state index in [1.807, 2.05) is 11.9 Å². The molecule has 7 heteroatoms. The Morgan fingerprint density at radius 3 is 2.54 bits per heavy atom. The highest BCUT2D eigenvalue weighted by molar-refractivity contribution is 7.98. The van der Waals surface area contributed by atoms with E-state index in [1.54, 1.807) is 0 Å². The largest absolute Gasteiger partial charge is 0.357 e. The van der Waals surface area contributed by atoms with Crippen LogP contribution in [0.15, 0.2) is 18.2 Å². The first kappa shape index (κ1) is 26.0. The normalized spacial score (nSPS) is 37.5. The fourth-order valence-electron chi connectivity index (χ4n) is 6.70.